The lowest BCUT2D eigenvalue weighted by molar-refractivity contribution is -0.112. The average molecular weight is 314 g/mol. The Balaban J connectivity index is 1.51. The van der Waals surface area contributed by atoms with E-state index in [0.717, 1.165) is 27.6 Å². The average Bonchev–Trinajstić information content (AvgIpc) is 3.36. The number of anilines is 1. The van der Waals surface area contributed by atoms with Gasteiger partial charge in [-0.1, -0.05) is 42.0 Å². The zero-order valence-electron chi connectivity index (χ0n) is 13.7. The van der Waals surface area contributed by atoms with E-state index in [0.29, 0.717) is 0 Å². The zero-order chi connectivity index (χ0) is 16.7. The van der Waals surface area contributed by atoms with Crippen molar-refractivity contribution in [2.24, 2.45) is 0 Å². The van der Waals surface area contributed by atoms with Crippen molar-refractivity contribution < 1.29 is 4.79 Å². The molecule has 1 aliphatic rings. The first-order valence-corrected chi connectivity index (χ1v) is 8.06. The smallest absolute Gasteiger partial charge is 0.252 e. The van der Waals surface area contributed by atoms with Crippen LogP contribution in [0.2, 0.25) is 0 Å². The number of allylic oxidation sites excluding steroid dienone is 1. The van der Waals surface area contributed by atoms with Gasteiger partial charge in [0.05, 0.1) is 0 Å². The molecule has 1 amide bonds. The second kappa shape index (κ2) is 5.60. The highest BCUT2D eigenvalue weighted by molar-refractivity contribution is 6.09. The molecule has 3 nitrogen and oxygen atoms in total. The van der Waals surface area contributed by atoms with Gasteiger partial charge in [-0.2, -0.15) is 0 Å². The van der Waals surface area contributed by atoms with Crippen molar-refractivity contribution in [1.29, 1.82) is 0 Å². The van der Waals surface area contributed by atoms with Gasteiger partial charge in [0.2, 0.25) is 0 Å². The molecule has 0 fully saturated rings. The zero-order valence-corrected chi connectivity index (χ0v) is 13.7. The number of aromatic nitrogens is 1. The first-order chi connectivity index (χ1) is 11.6. The van der Waals surface area contributed by atoms with Crippen LogP contribution in [0.3, 0.4) is 0 Å². The van der Waals surface area contributed by atoms with E-state index in [4.69, 9.17) is 0 Å². The Labute approximate surface area is 141 Å². The predicted octanol–water partition coefficient (Wildman–Crippen LogP) is 4.51. The highest BCUT2D eigenvalue weighted by Crippen LogP contribution is 2.40. The molecule has 0 radical (unpaired) electrons. The molecule has 1 heterocycles. The highest BCUT2D eigenvalue weighted by atomic mass is 16.1. The Hall–Kier alpha value is -2.94. The van der Waals surface area contributed by atoms with Gasteiger partial charge in [-0.05, 0) is 42.5 Å². The molecule has 3 aromatic rings. The molecule has 1 N–H and O–H groups in total. The Morgan fingerprint density at radius 1 is 1.08 bits per heavy atom. The minimum absolute atomic E-state index is 0.0208. The number of hydrogen-bond donors (Lipinski definition) is 1. The van der Waals surface area contributed by atoms with Gasteiger partial charge in [-0.15, -0.1) is 0 Å². The van der Waals surface area contributed by atoms with Gasteiger partial charge in [0, 0.05) is 35.0 Å². The number of hydrogen-bond acceptors (Lipinski definition) is 2. The maximum absolute atomic E-state index is 12.5. The van der Waals surface area contributed by atoms with Crippen molar-refractivity contribution in [1.82, 2.24) is 4.98 Å². The van der Waals surface area contributed by atoms with Crippen LogP contribution in [0.5, 0.6) is 0 Å². The fourth-order valence-electron chi connectivity index (χ4n) is 3.08. The molecule has 0 aliphatic heterocycles. The number of aryl methyl sites for hydroxylation is 2. The van der Waals surface area contributed by atoms with E-state index in [1.807, 2.05) is 49.7 Å². The molecule has 24 heavy (non-hydrogen) atoms. The summed E-state index contributed by atoms with van der Waals surface area (Å²) in [5.74, 6) is 0.129. The summed E-state index contributed by atoms with van der Waals surface area (Å²) in [6.45, 7) is 4.09. The maximum atomic E-state index is 12.5. The third-order valence-corrected chi connectivity index (χ3v) is 4.45. The summed E-state index contributed by atoms with van der Waals surface area (Å²) in [6, 6.07) is 14.2. The largest absolute Gasteiger partial charge is 0.322 e. The van der Waals surface area contributed by atoms with E-state index >= 15 is 0 Å². The quantitative estimate of drug-likeness (QED) is 0.772. The summed E-state index contributed by atoms with van der Waals surface area (Å²) < 4.78 is 0. The first-order valence-electron chi connectivity index (χ1n) is 8.06. The third-order valence-electron chi connectivity index (χ3n) is 4.45. The van der Waals surface area contributed by atoms with Crippen molar-refractivity contribution in [2.45, 2.75) is 19.8 Å². The summed E-state index contributed by atoms with van der Waals surface area (Å²) in [6.07, 6.45) is 5.69. The van der Waals surface area contributed by atoms with E-state index in [2.05, 4.69) is 35.4 Å². The molecule has 1 aliphatic carbocycles. The summed E-state index contributed by atoms with van der Waals surface area (Å²) in [5, 5.41) is 5.20. The molecule has 1 aromatic heterocycles. The van der Waals surface area contributed by atoms with E-state index in [1.54, 1.807) is 0 Å². The van der Waals surface area contributed by atoms with E-state index < -0.39 is 0 Å². The fourth-order valence-corrected chi connectivity index (χ4v) is 3.08. The van der Waals surface area contributed by atoms with E-state index in [9.17, 15) is 4.79 Å². The number of nitrogens with zero attached hydrogens (tertiary/aromatic N) is 1. The van der Waals surface area contributed by atoms with Crippen molar-refractivity contribution >= 4 is 22.4 Å². The van der Waals surface area contributed by atoms with Crippen LogP contribution >= 0.6 is 0 Å². The van der Waals surface area contributed by atoms with Gasteiger partial charge in [-0.25, -0.2) is 0 Å². The summed E-state index contributed by atoms with van der Waals surface area (Å²) in [4.78, 5) is 16.7. The van der Waals surface area contributed by atoms with Gasteiger partial charge in [-0.3, -0.25) is 9.78 Å². The molecule has 118 valence electrons. The Morgan fingerprint density at radius 2 is 1.96 bits per heavy atom. The Morgan fingerprint density at radius 3 is 2.79 bits per heavy atom. The first kappa shape index (κ1) is 14.6. The molecule has 3 heteroatoms. The predicted molar refractivity (Wildman–Crippen MR) is 97.1 cm³/mol. The topological polar surface area (TPSA) is 42.0 Å². The van der Waals surface area contributed by atoms with Crippen molar-refractivity contribution in [3.8, 4) is 0 Å². The minimum Gasteiger partial charge on any atom is -0.322 e. The number of amides is 1. The summed E-state index contributed by atoms with van der Waals surface area (Å²) >= 11 is 0. The van der Waals surface area contributed by atoms with E-state index in [-0.39, 0.29) is 11.8 Å². The Bertz CT molecular complexity index is 988. The number of nitrogens with one attached hydrogen (secondary N) is 1. The van der Waals surface area contributed by atoms with Gasteiger partial charge in [0.15, 0.2) is 0 Å². The number of rotatable bonds is 3. The van der Waals surface area contributed by atoms with Crippen molar-refractivity contribution in [3.05, 3.63) is 83.2 Å². The molecule has 0 spiro atoms. The molecule has 0 unspecified atom stereocenters. The SMILES string of the molecule is Cc1cccc([C@@H]2C=C2C(=O)Nc2ccc3cncc(C)c3c2)c1. The normalized spacial score (nSPS) is 15.9. The van der Waals surface area contributed by atoms with Crippen LogP contribution in [0.1, 0.15) is 22.6 Å². The van der Waals surface area contributed by atoms with Crippen LogP contribution in [0.4, 0.5) is 5.69 Å². The van der Waals surface area contributed by atoms with Gasteiger partial charge >= 0.3 is 0 Å². The lowest BCUT2D eigenvalue weighted by Crippen LogP contribution is -2.11. The molecule has 0 saturated carbocycles. The second-order valence-corrected chi connectivity index (χ2v) is 6.36. The van der Waals surface area contributed by atoms with Crippen LogP contribution in [0.25, 0.3) is 10.8 Å². The molecule has 4 rings (SSSR count). The van der Waals surface area contributed by atoms with Crippen LogP contribution < -0.4 is 5.32 Å². The molecule has 0 bridgehead atoms. The minimum atomic E-state index is -0.0208. The molecule has 2 aromatic carbocycles. The van der Waals surface area contributed by atoms with Crippen LogP contribution in [0, 0.1) is 13.8 Å². The van der Waals surface area contributed by atoms with Gasteiger partial charge in [0.1, 0.15) is 0 Å². The second-order valence-electron chi connectivity index (χ2n) is 6.36. The number of carbonyl (C=O) groups excluding carboxylic acids is 1. The molecular formula is C21H18N2O. The monoisotopic (exact) mass is 314 g/mol. The number of pyridine rings is 1. The number of fused-ring (bicyclic) bond motifs is 1. The maximum Gasteiger partial charge on any atom is 0.252 e. The third kappa shape index (κ3) is 2.69. The van der Waals surface area contributed by atoms with E-state index in [1.165, 1.54) is 11.1 Å². The summed E-state index contributed by atoms with van der Waals surface area (Å²) in [7, 11) is 0. The molecule has 0 saturated heterocycles. The lowest BCUT2D eigenvalue weighted by Gasteiger charge is -2.07. The lowest BCUT2D eigenvalue weighted by atomic mass is 10.0. The number of carbonyl (C=O) groups is 1. The molecular weight excluding hydrogens is 296 g/mol. The number of benzene rings is 2. The Kier molecular flexibility index (Phi) is 3.42. The van der Waals surface area contributed by atoms with Gasteiger partial charge in [0.25, 0.3) is 5.91 Å². The van der Waals surface area contributed by atoms with Crippen LogP contribution in [-0.4, -0.2) is 10.9 Å². The van der Waals surface area contributed by atoms with Crippen molar-refractivity contribution in [3.63, 3.8) is 0 Å². The van der Waals surface area contributed by atoms with Crippen molar-refractivity contribution in [2.75, 3.05) is 5.32 Å². The van der Waals surface area contributed by atoms with Crippen LogP contribution in [-0.2, 0) is 4.79 Å². The molecule has 1 atom stereocenters. The standard InChI is InChI=1S/C21H18N2O/c1-13-4-3-5-15(8-13)19-10-20(19)21(24)23-17-7-6-16-12-22-11-14(2)18(16)9-17/h3-12,19H,1-2H3,(H,23,24)/t19-/m0/s1. The fraction of sp³-hybridized carbons (Fsp3) is 0.143. The van der Waals surface area contributed by atoms with Gasteiger partial charge < -0.3 is 5.32 Å². The summed E-state index contributed by atoms with van der Waals surface area (Å²) in [5.41, 5.74) is 5.16. The van der Waals surface area contributed by atoms with Crippen LogP contribution in [0.15, 0.2) is 66.5 Å². The highest BCUT2D eigenvalue weighted by Gasteiger charge is 2.32.